The lowest BCUT2D eigenvalue weighted by atomic mass is 9.98. The average molecular weight is 327 g/mol. The summed E-state index contributed by atoms with van der Waals surface area (Å²) in [5.74, 6) is -0.687. The lowest BCUT2D eigenvalue weighted by Crippen LogP contribution is -2.30. The smallest absolute Gasteiger partial charge is 0.305 e. The van der Waals surface area contributed by atoms with Crippen molar-refractivity contribution < 1.29 is 19.4 Å². The Hall–Kier alpha value is -2.82. The van der Waals surface area contributed by atoms with Crippen molar-refractivity contribution in [2.75, 3.05) is 6.61 Å². The predicted octanol–water partition coefficient (Wildman–Crippen LogP) is 3.34. The van der Waals surface area contributed by atoms with Crippen molar-refractivity contribution in [3.63, 3.8) is 0 Å². The van der Waals surface area contributed by atoms with Gasteiger partial charge in [-0.3, -0.25) is 9.59 Å². The highest BCUT2D eigenvalue weighted by molar-refractivity contribution is 5.95. The summed E-state index contributed by atoms with van der Waals surface area (Å²) < 4.78 is 5.40. The number of carboxylic acids is 1. The maximum absolute atomic E-state index is 12.5. The molecule has 0 fully saturated rings. The van der Waals surface area contributed by atoms with E-state index in [0.29, 0.717) is 17.9 Å². The van der Waals surface area contributed by atoms with E-state index in [-0.39, 0.29) is 12.3 Å². The number of hydrogen-bond acceptors (Lipinski definition) is 3. The van der Waals surface area contributed by atoms with Crippen LogP contribution in [0.5, 0.6) is 5.75 Å². The molecule has 0 aliphatic carbocycles. The van der Waals surface area contributed by atoms with Crippen LogP contribution in [0.15, 0.2) is 48.5 Å². The van der Waals surface area contributed by atoms with Gasteiger partial charge in [0.15, 0.2) is 0 Å². The molecule has 0 bridgehead atoms. The Labute approximate surface area is 141 Å². The summed E-state index contributed by atoms with van der Waals surface area (Å²) in [6, 6.07) is 13.7. The van der Waals surface area contributed by atoms with Gasteiger partial charge in [0.05, 0.1) is 19.1 Å². The first-order valence-electron chi connectivity index (χ1n) is 7.82. The van der Waals surface area contributed by atoms with Gasteiger partial charge in [0.1, 0.15) is 5.75 Å². The van der Waals surface area contributed by atoms with Crippen LogP contribution in [0.25, 0.3) is 0 Å². The lowest BCUT2D eigenvalue weighted by Gasteiger charge is -2.19. The minimum Gasteiger partial charge on any atom is -0.494 e. The predicted molar refractivity (Wildman–Crippen MR) is 91.3 cm³/mol. The van der Waals surface area contributed by atoms with E-state index in [9.17, 15) is 9.59 Å². The first-order chi connectivity index (χ1) is 11.5. The Morgan fingerprint density at radius 2 is 1.92 bits per heavy atom. The number of carboxylic acid groups (broad SMARTS) is 1. The highest BCUT2D eigenvalue weighted by atomic mass is 16.5. The summed E-state index contributed by atoms with van der Waals surface area (Å²) in [7, 11) is 0. The number of amides is 1. The van der Waals surface area contributed by atoms with Crippen molar-refractivity contribution in [1.29, 1.82) is 0 Å². The van der Waals surface area contributed by atoms with E-state index in [1.165, 1.54) is 0 Å². The van der Waals surface area contributed by atoms with Crippen LogP contribution in [0.4, 0.5) is 0 Å². The zero-order valence-corrected chi connectivity index (χ0v) is 13.8. The van der Waals surface area contributed by atoms with Gasteiger partial charge in [-0.1, -0.05) is 30.3 Å². The Balaban J connectivity index is 2.23. The Morgan fingerprint density at radius 1 is 1.17 bits per heavy atom. The van der Waals surface area contributed by atoms with E-state index < -0.39 is 12.0 Å². The van der Waals surface area contributed by atoms with Gasteiger partial charge in [-0.25, -0.2) is 0 Å². The molecule has 0 heterocycles. The van der Waals surface area contributed by atoms with E-state index in [4.69, 9.17) is 9.84 Å². The summed E-state index contributed by atoms with van der Waals surface area (Å²) in [6.45, 7) is 4.27. The molecule has 1 atom stereocenters. The summed E-state index contributed by atoms with van der Waals surface area (Å²) in [5, 5.41) is 12.0. The van der Waals surface area contributed by atoms with Crippen LogP contribution < -0.4 is 10.1 Å². The molecule has 1 amide bonds. The number of rotatable bonds is 7. The molecule has 0 saturated heterocycles. The van der Waals surface area contributed by atoms with E-state index in [1.54, 1.807) is 24.3 Å². The summed E-state index contributed by atoms with van der Waals surface area (Å²) >= 11 is 0. The molecule has 5 heteroatoms. The molecule has 2 rings (SSSR count). The molecular formula is C19H21NO4. The van der Waals surface area contributed by atoms with Gasteiger partial charge in [-0.2, -0.15) is 0 Å². The number of carbonyl (C=O) groups excluding carboxylic acids is 1. The van der Waals surface area contributed by atoms with E-state index in [1.807, 2.05) is 38.1 Å². The fourth-order valence-electron chi connectivity index (χ4n) is 2.53. The van der Waals surface area contributed by atoms with Crippen molar-refractivity contribution in [2.45, 2.75) is 26.3 Å². The van der Waals surface area contributed by atoms with Gasteiger partial charge in [0.25, 0.3) is 5.91 Å². The van der Waals surface area contributed by atoms with Crippen LogP contribution in [-0.4, -0.2) is 23.6 Å². The van der Waals surface area contributed by atoms with Crippen molar-refractivity contribution >= 4 is 11.9 Å². The van der Waals surface area contributed by atoms with Crippen molar-refractivity contribution in [1.82, 2.24) is 5.32 Å². The summed E-state index contributed by atoms with van der Waals surface area (Å²) in [6.07, 6.45) is -0.179. The molecule has 5 nitrogen and oxygen atoms in total. The second-order valence-corrected chi connectivity index (χ2v) is 5.44. The molecule has 2 aromatic carbocycles. The fourth-order valence-corrected chi connectivity index (χ4v) is 2.53. The highest BCUT2D eigenvalue weighted by Crippen LogP contribution is 2.22. The quantitative estimate of drug-likeness (QED) is 0.818. The van der Waals surface area contributed by atoms with Gasteiger partial charge < -0.3 is 15.2 Å². The zero-order chi connectivity index (χ0) is 17.5. The normalized spacial score (nSPS) is 11.6. The minimum absolute atomic E-state index is 0.179. The first kappa shape index (κ1) is 17.5. The van der Waals surface area contributed by atoms with Crippen LogP contribution >= 0.6 is 0 Å². The number of benzene rings is 2. The summed E-state index contributed by atoms with van der Waals surface area (Å²) in [4.78, 5) is 23.7. The van der Waals surface area contributed by atoms with Crippen LogP contribution in [0, 0.1) is 6.92 Å². The molecule has 2 aromatic rings. The van der Waals surface area contributed by atoms with Crippen LogP contribution in [0.2, 0.25) is 0 Å². The Morgan fingerprint density at radius 3 is 2.58 bits per heavy atom. The standard InChI is InChI=1S/C19H21NO4/c1-3-24-15-9-6-8-14(11-15)19(23)20-17(12-18(21)22)16-10-5-4-7-13(16)2/h4-11,17H,3,12H2,1-2H3,(H,20,23)(H,21,22). The first-order valence-corrected chi connectivity index (χ1v) is 7.82. The molecule has 0 spiro atoms. The second kappa shape index (κ2) is 8.15. The van der Waals surface area contributed by atoms with Gasteiger partial charge in [0.2, 0.25) is 0 Å². The van der Waals surface area contributed by atoms with Crippen LogP contribution in [-0.2, 0) is 4.79 Å². The molecule has 2 N–H and O–H groups in total. The zero-order valence-electron chi connectivity index (χ0n) is 13.8. The molecule has 0 aliphatic heterocycles. The average Bonchev–Trinajstić information content (AvgIpc) is 2.55. The largest absolute Gasteiger partial charge is 0.494 e. The lowest BCUT2D eigenvalue weighted by molar-refractivity contribution is -0.137. The Bertz CT molecular complexity index is 727. The van der Waals surface area contributed by atoms with E-state index in [0.717, 1.165) is 11.1 Å². The fraction of sp³-hybridized carbons (Fsp3) is 0.263. The van der Waals surface area contributed by atoms with Gasteiger partial charge in [-0.05, 0) is 43.2 Å². The highest BCUT2D eigenvalue weighted by Gasteiger charge is 2.20. The topological polar surface area (TPSA) is 75.6 Å². The van der Waals surface area contributed by atoms with Gasteiger partial charge in [0, 0.05) is 5.56 Å². The maximum Gasteiger partial charge on any atom is 0.305 e. The van der Waals surface area contributed by atoms with Crippen LogP contribution in [0.3, 0.4) is 0 Å². The van der Waals surface area contributed by atoms with Crippen molar-refractivity contribution in [3.05, 3.63) is 65.2 Å². The third-order valence-electron chi connectivity index (χ3n) is 3.66. The molecule has 126 valence electrons. The number of aliphatic carboxylic acids is 1. The molecule has 1 unspecified atom stereocenters. The monoisotopic (exact) mass is 327 g/mol. The molecule has 0 radical (unpaired) electrons. The number of hydrogen-bond donors (Lipinski definition) is 2. The van der Waals surface area contributed by atoms with Crippen molar-refractivity contribution in [2.24, 2.45) is 0 Å². The SMILES string of the molecule is CCOc1cccc(C(=O)NC(CC(=O)O)c2ccccc2C)c1. The third kappa shape index (κ3) is 4.59. The van der Waals surface area contributed by atoms with Gasteiger partial charge >= 0.3 is 5.97 Å². The molecule has 24 heavy (non-hydrogen) atoms. The number of ether oxygens (including phenoxy) is 1. The van der Waals surface area contributed by atoms with E-state index in [2.05, 4.69) is 5.32 Å². The van der Waals surface area contributed by atoms with Gasteiger partial charge in [-0.15, -0.1) is 0 Å². The van der Waals surface area contributed by atoms with Crippen LogP contribution in [0.1, 0.15) is 40.9 Å². The van der Waals surface area contributed by atoms with E-state index >= 15 is 0 Å². The Kier molecular flexibility index (Phi) is 5.95. The molecule has 0 aromatic heterocycles. The number of carbonyl (C=O) groups is 2. The molecule has 0 aliphatic rings. The maximum atomic E-state index is 12.5. The minimum atomic E-state index is -0.966. The third-order valence-corrected chi connectivity index (χ3v) is 3.66. The van der Waals surface area contributed by atoms with Crippen molar-refractivity contribution in [3.8, 4) is 5.75 Å². The summed E-state index contributed by atoms with van der Waals surface area (Å²) in [5.41, 5.74) is 2.17. The molecule has 0 saturated carbocycles. The second-order valence-electron chi connectivity index (χ2n) is 5.44. The number of nitrogens with one attached hydrogen (secondary N) is 1. The molecular weight excluding hydrogens is 306 g/mol. The number of aryl methyl sites for hydroxylation is 1.